The van der Waals surface area contributed by atoms with Gasteiger partial charge in [0.15, 0.2) is 6.61 Å². The minimum atomic E-state index is -4.05. The molecule has 0 unspecified atom stereocenters. The summed E-state index contributed by atoms with van der Waals surface area (Å²) in [5, 5.41) is 2.72. The van der Waals surface area contributed by atoms with Crippen LogP contribution < -0.4 is 14.4 Å². The molecule has 1 N–H and O–H groups in total. The molecule has 0 fully saturated rings. The van der Waals surface area contributed by atoms with Crippen LogP contribution in [0.15, 0.2) is 47.4 Å². The maximum absolute atomic E-state index is 13.1. The molecule has 0 radical (unpaired) electrons. The minimum Gasteiger partial charge on any atom is -0.495 e. The topological polar surface area (TPSA) is 102 Å². The van der Waals surface area contributed by atoms with Crippen LogP contribution in [0.1, 0.15) is 31.1 Å². The average Bonchev–Trinajstić information content (AvgIpc) is 2.76. The van der Waals surface area contributed by atoms with Crippen LogP contribution in [0.3, 0.4) is 0 Å². The van der Waals surface area contributed by atoms with Crippen LogP contribution in [0.4, 0.5) is 5.69 Å². The maximum Gasteiger partial charge on any atom is 0.340 e. The molecule has 0 aliphatic carbocycles. The first-order valence-electron chi connectivity index (χ1n) is 9.87. The van der Waals surface area contributed by atoms with Gasteiger partial charge in [-0.2, -0.15) is 0 Å². The number of nitrogens with zero attached hydrogens (tertiary/aromatic N) is 1. The van der Waals surface area contributed by atoms with Crippen molar-refractivity contribution in [3.05, 3.63) is 53.1 Å². The first kappa shape index (κ1) is 25.5. The molecule has 2 aromatic rings. The molecule has 0 bridgehead atoms. The highest BCUT2D eigenvalue weighted by Crippen LogP contribution is 2.32. The van der Waals surface area contributed by atoms with Gasteiger partial charge in [0.25, 0.3) is 15.9 Å². The summed E-state index contributed by atoms with van der Waals surface area (Å²) in [6, 6.07) is 10.2. The first-order chi connectivity index (χ1) is 15.0. The molecule has 10 heteroatoms. The van der Waals surface area contributed by atoms with Gasteiger partial charge in [0.05, 0.1) is 28.3 Å². The molecular formula is C22H27ClN2O6S. The second-order valence-corrected chi connectivity index (χ2v) is 9.84. The molecule has 32 heavy (non-hydrogen) atoms. The SMILES string of the molecule is COc1ccccc1N(C)S(=O)(=O)c1ccc(Cl)c(C(=O)OCC(=O)N[C@H](C)C(C)C)c1. The molecule has 0 aliphatic rings. The Balaban J connectivity index is 2.24. The summed E-state index contributed by atoms with van der Waals surface area (Å²) in [5.41, 5.74) is 0.163. The fourth-order valence-electron chi connectivity index (χ4n) is 2.67. The van der Waals surface area contributed by atoms with E-state index in [4.69, 9.17) is 21.1 Å². The Bertz CT molecular complexity index is 1090. The van der Waals surface area contributed by atoms with Gasteiger partial charge in [-0.05, 0) is 43.2 Å². The normalized spacial score (nSPS) is 12.2. The van der Waals surface area contributed by atoms with Crippen molar-refractivity contribution in [3.8, 4) is 5.75 Å². The second kappa shape index (κ2) is 10.7. The van der Waals surface area contributed by atoms with Gasteiger partial charge in [-0.25, -0.2) is 13.2 Å². The van der Waals surface area contributed by atoms with Crippen molar-refractivity contribution in [1.82, 2.24) is 5.32 Å². The smallest absolute Gasteiger partial charge is 0.340 e. The van der Waals surface area contributed by atoms with Gasteiger partial charge in [0.1, 0.15) is 5.75 Å². The van der Waals surface area contributed by atoms with Crippen molar-refractivity contribution < 1.29 is 27.5 Å². The predicted octanol–water partition coefficient (Wildman–Crippen LogP) is 3.49. The van der Waals surface area contributed by atoms with Gasteiger partial charge >= 0.3 is 5.97 Å². The highest BCUT2D eigenvalue weighted by molar-refractivity contribution is 7.92. The standard InChI is InChI=1S/C22H27ClN2O6S/c1-14(2)15(3)24-21(26)13-31-22(27)17-12-16(10-11-18(17)23)32(28,29)25(4)19-8-6-7-9-20(19)30-5/h6-12,14-15H,13H2,1-5H3,(H,24,26)/t15-/m1/s1. The summed E-state index contributed by atoms with van der Waals surface area (Å²) in [7, 11) is -1.23. The number of ether oxygens (including phenoxy) is 2. The molecular weight excluding hydrogens is 456 g/mol. The van der Waals surface area contributed by atoms with Crippen molar-refractivity contribution in [2.24, 2.45) is 5.92 Å². The average molecular weight is 483 g/mol. The zero-order valence-electron chi connectivity index (χ0n) is 18.6. The summed E-state index contributed by atoms with van der Waals surface area (Å²) >= 11 is 6.10. The Hall–Kier alpha value is -2.78. The predicted molar refractivity (Wildman–Crippen MR) is 123 cm³/mol. The monoisotopic (exact) mass is 482 g/mol. The number of carbonyl (C=O) groups excluding carboxylic acids is 2. The summed E-state index contributed by atoms with van der Waals surface area (Å²) < 4.78 is 37.6. The van der Waals surface area contributed by atoms with E-state index in [1.807, 2.05) is 20.8 Å². The number of carbonyl (C=O) groups is 2. The minimum absolute atomic E-state index is 0.00449. The van der Waals surface area contributed by atoms with Crippen LogP contribution in [-0.2, 0) is 19.6 Å². The maximum atomic E-state index is 13.1. The van der Waals surface area contributed by atoms with Gasteiger partial charge < -0.3 is 14.8 Å². The number of para-hydroxylation sites is 2. The van der Waals surface area contributed by atoms with E-state index < -0.39 is 28.5 Å². The third-order valence-corrected chi connectivity index (χ3v) is 7.06. The molecule has 0 saturated heterocycles. The van der Waals surface area contributed by atoms with Gasteiger partial charge in [-0.15, -0.1) is 0 Å². The lowest BCUT2D eigenvalue weighted by molar-refractivity contribution is -0.125. The van der Waals surface area contributed by atoms with E-state index in [2.05, 4.69) is 5.32 Å². The van der Waals surface area contributed by atoms with Crippen molar-refractivity contribution in [1.29, 1.82) is 0 Å². The lowest BCUT2D eigenvalue weighted by Gasteiger charge is -2.22. The van der Waals surface area contributed by atoms with E-state index >= 15 is 0 Å². The van der Waals surface area contributed by atoms with Gasteiger partial charge in [0, 0.05) is 13.1 Å². The number of halogens is 1. The number of hydrogen-bond donors (Lipinski definition) is 1. The molecule has 2 aromatic carbocycles. The van der Waals surface area contributed by atoms with Gasteiger partial charge in [-0.3, -0.25) is 9.10 Å². The number of anilines is 1. The summed E-state index contributed by atoms with van der Waals surface area (Å²) in [6.07, 6.45) is 0. The van der Waals surface area contributed by atoms with Crippen LogP contribution in [-0.4, -0.2) is 47.1 Å². The molecule has 1 amide bonds. The highest BCUT2D eigenvalue weighted by atomic mass is 35.5. The van der Waals surface area contributed by atoms with E-state index in [1.165, 1.54) is 26.3 Å². The van der Waals surface area contributed by atoms with Crippen molar-refractivity contribution in [2.45, 2.75) is 31.7 Å². The largest absolute Gasteiger partial charge is 0.495 e. The summed E-state index contributed by atoms with van der Waals surface area (Å²) in [4.78, 5) is 24.3. The number of amides is 1. The number of esters is 1. The molecule has 0 aromatic heterocycles. The number of rotatable bonds is 9. The number of sulfonamides is 1. The molecule has 0 aliphatic heterocycles. The van der Waals surface area contributed by atoms with E-state index in [0.29, 0.717) is 11.4 Å². The van der Waals surface area contributed by atoms with Gasteiger partial charge in [-0.1, -0.05) is 37.6 Å². The zero-order chi connectivity index (χ0) is 24.1. The number of nitrogens with one attached hydrogen (secondary N) is 1. The quantitative estimate of drug-likeness (QED) is 0.549. The Morgan fingerprint density at radius 1 is 1.12 bits per heavy atom. The lowest BCUT2D eigenvalue weighted by Crippen LogP contribution is -2.38. The Morgan fingerprint density at radius 2 is 1.78 bits per heavy atom. The molecule has 0 spiro atoms. The van der Waals surface area contributed by atoms with Crippen LogP contribution in [0.2, 0.25) is 5.02 Å². The van der Waals surface area contributed by atoms with Gasteiger partial charge in [0.2, 0.25) is 0 Å². The third-order valence-electron chi connectivity index (χ3n) is 4.96. The Morgan fingerprint density at radius 3 is 2.41 bits per heavy atom. The molecule has 1 atom stereocenters. The number of methoxy groups -OCH3 is 1. The van der Waals surface area contributed by atoms with E-state index in [1.54, 1.807) is 24.3 Å². The molecule has 2 rings (SSSR count). The zero-order valence-corrected chi connectivity index (χ0v) is 20.2. The fourth-order valence-corrected chi connectivity index (χ4v) is 4.10. The van der Waals surface area contributed by atoms with Crippen molar-refractivity contribution in [2.75, 3.05) is 25.1 Å². The number of hydrogen-bond acceptors (Lipinski definition) is 6. The van der Waals surface area contributed by atoms with E-state index in [9.17, 15) is 18.0 Å². The van der Waals surface area contributed by atoms with Crippen molar-refractivity contribution in [3.63, 3.8) is 0 Å². The number of benzene rings is 2. The van der Waals surface area contributed by atoms with Crippen LogP contribution >= 0.6 is 11.6 Å². The van der Waals surface area contributed by atoms with Crippen LogP contribution in [0.25, 0.3) is 0 Å². The van der Waals surface area contributed by atoms with E-state index in [0.717, 1.165) is 10.4 Å². The summed E-state index contributed by atoms with van der Waals surface area (Å²) in [6.45, 7) is 5.23. The second-order valence-electron chi connectivity index (χ2n) is 7.46. The fraction of sp³-hybridized carbons (Fsp3) is 0.364. The first-order valence-corrected chi connectivity index (χ1v) is 11.7. The highest BCUT2D eigenvalue weighted by Gasteiger charge is 2.26. The van der Waals surface area contributed by atoms with Crippen molar-refractivity contribution >= 4 is 39.2 Å². The van der Waals surface area contributed by atoms with Crippen LogP contribution in [0.5, 0.6) is 5.75 Å². The molecule has 174 valence electrons. The molecule has 0 saturated carbocycles. The summed E-state index contributed by atoms with van der Waals surface area (Å²) in [5.74, 6) is -0.783. The molecule has 8 nitrogen and oxygen atoms in total. The Labute approximate surface area is 193 Å². The van der Waals surface area contributed by atoms with Crippen LogP contribution in [0, 0.1) is 5.92 Å². The van der Waals surface area contributed by atoms with E-state index in [-0.39, 0.29) is 27.4 Å². The Kier molecular flexibility index (Phi) is 8.51. The lowest BCUT2D eigenvalue weighted by atomic mass is 10.1. The molecule has 0 heterocycles. The third kappa shape index (κ3) is 5.92.